The highest BCUT2D eigenvalue weighted by atomic mass is 35.5. The number of hydrogen-bond donors (Lipinski definition) is 0. The molecule has 0 atom stereocenters. The maximum atomic E-state index is 14.9. The van der Waals surface area contributed by atoms with Gasteiger partial charge in [-0.05, 0) is 36.6 Å². The minimum absolute atomic E-state index is 0.0182. The van der Waals surface area contributed by atoms with Gasteiger partial charge in [0, 0.05) is 49.3 Å². The Labute approximate surface area is 217 Å². The van der Waals surface area contributed by atoms with E-state index < -0.39 is 17.3 Å². The summed E-state index contributed by atoms with van der Waals surface area (Å²) in [6, 6.07) is 7.99. The summed E-state index contributed by atoms with van der Waals surface area (Å²) in [5.74, 6) is 0.355. The molecule has 0 unspecified atom stereocenters. The lowest BCUT2D eigenvalue weighted by molar-refractivity contribution is -0.142. The van der Waals surface area contributed by atoms with E-state index in [-0.39, 0.29) is 31.4 Å². The average Bonchev–Trinajstić information content (AvgIpc) is 3.20. The van der Waals surface area contributed by atoms with Crippen molar-refractivity contribution in [3.63, 3.8) is 0 Å². The second-order valence-corrected chi connectivity index (χ2v) is 10.5. The highest BCUT2D eigenvalue weighted by Gasteiger charge is 2.41. The van der Waals surface area contributed by atoms with Crippen molar-refractivity contribution < 1.29 is 22.6 Å². The first-order chi connectivity index (χ1) is 17.8. The fourth-order valence-electron chi connectivity index (χ4n) is 5.58. The van der Waals surface area contributed by atoms with Crippen molar-refractivity contribution in [1.29, 1.82) is 0 Å². The molecule has 37 heavy (non-hydrogen) atoms. The standard InChI is InChI=1S/C26H27ClF3N5O2/c1-36-23-10-22(19(28)9-20(23)29)34-6-4-16(5-7-34)25-32-31-24-12-33(13-26(30)14-37-15-26)11-17-8-18(27)2-3-21(17)35(24)25/h2-3,8-10,16H,4-7,11-15H2,1H3. The first-order valence-corrected chi connectivity index (χ1v) is 12.7. The maximum Gasteiger partial charge on any atom is 0.169 e. The fraction of sp³-hybridized carbons (Fsp3) is 0.462. The van der Waals surface area contributed by atoms with Crippen LogP contribution in [0.2, 0.25) is 5.02 Å². The van der Waals surface area contributed by atoms with Crippen molar-refractivity contribution in [1.82, 2.24) is 19.7 Å². The number of methoxy groups -OCH3 is 1. The van der Waals surface area contributed by atoms with Crippen LogP contribution in [-0.2, 0) is 17.8 Å². The van der Waals surface area contributed by atoms with E-state index in [4.69, 9.17) is 21.1 Å². The highest BCUT2D eigenvalue weighted by Crippen LogP contribution is 2.37. The molecule has 4 heterocycles. The summed E-state index contributed by atoms with van der Waals surface area (Å²) in [6.45, 7) is 2.57. The van der Waals surface area contributed by atoms with E-state index in [0.717, 1.165) is 41.8 Å². The number of hydrogen-bond acceptors (Lipinski definition) is 6. The summed E-state index contributed by atoms with van der Waals surface area (Å²) in [7, 11) is 1.36. The number of anilines is 1. The zero-order valence-corrected chi connectivity index (χ0v) is 21.1. The van der Waals surface area contributed by atoms with Crippen molar-refractivity contribution in [3.05, 3.63) is 64.2 Å². The Morgan fingerprint density at radius 1 is 1.05 bits per heavy atom. The summed E-state index contributed by atoms with van der Waals surface area (Å²) in [4.78, 5) is 3.94. The molecule has 0 saturated carbocycles. The van der Waals surface area contributed by atoms with Crippen molar-refractivity contribution in [2.24, 2.45) is 0 Å². The van der Waals surface area contributed by atoms with E-state index in [0.29, 0.717) is 36.9 Å². The van der Waals surface area contributed by atoms with E-state index in [1.54, 1.807) is 0 Å². The normalized spacial score (nSPS) is 19.6. The van der Waals surface area contributed by atoms with Gasteiger partial charge in [-0.1, -0.05) is 11.6 Å². The van der Waals surface area contributed by atoms with Crippen LogP contribution in [0.5, 0.6) is 5.75 Å². The Morgan fingerprint density at radius 2 is 1.84 bits per heavy atom. The maximum absolute atomic E-state index is 14.9. The van der Waals surface area contributed by atoms with E-state index in [1.807, 2.05) is 28.0 Å². The molecule has 2 saturated heterocycles. The van der Waals surface area contributed by atoms with Crippen molar-refractivity contribution >= 4 is 17.3 Å². The first-order valence-electron chi connectivity index (χ1n) is 12.3. The zero-order valence-electron chi connectivity index (χ0n) is 20.4. The third-order valence-corrected chi connectivity index (χ3v) is 7.68. The molecule has 3 aliphatic rings. The van der Waals surface area contributed by atoms with Crippen LogP contribution in [0.1, 0.15) is 36.0 Å². The lowest BCUT2D eigenvalue weighted by Gasteiger charge is -2.37. The third kappa shape index (κ3) is 4.55. The highest BCUT2D eigenvalue weighted by molar-refractivity contribution is 6.30. The zero-order chi connectivity index (χ0) is 25.7. The van der Waals surface area contributed by atoms with Crippen LogP contribution in [0.3, 0.4) is 0 Å². The van der Waals surface area contributed by atoms with Gasteiger partial charge in [0.2, 0.25) is 0 Å². The summed E-state index contributed by atoms with van der Waals surface area (Å²) in [5.41, 5.74) is 0.889. The number of nitrogens with zero attached hydrogens (tertiary/aromatic N) is 5. The quantitative estimate of drug-likeness (QED) is 0.476. The van der Waals surface area contributed by atoms with Gasteiger partial charge in [-0.3, -0.25) is 9.47 Å². The summed E-state index contributed by atoms with van der Waals surface area (Å²) in [6.07, 6.45) is 1.43. The molecule has 6 rings (SSSR count). The van der Waals surface area contributed by atoms with E-state index in [1.165, 1.54) is 13.2 Å². The molecule has 11 heteroatoms. The topological polar surface area (TPSA) is 55.7 Å². The molecule has 3 aliphatic heterocycles. The number of aromatic nitrogens is 3. The van der Waals surface area contributed by atoms with Gasteiger partial charge < -0.3 is 14.4 Å². The van der Waals surface area contributed by atoms with Crippen LogP contribution in [0, 0.1) is 11.6 Å². The van der Waals surface area contributed by atoms with E-state index in [2.05, 4.69) is 14.8 Å². The second-order valence-electron chi connectivity index (χ2n) is 10.1. The smallest absolute Gasteiger partial charge is 0.169 e. The van der Waals surface area contributed by atoms with Gasteiger partial charge in [0.1, 0.15) is 11.6 Å². The van der Waals surface area contributed by atoms with Crippen LogP contribution in [0.15, 0.2) is 30.3 Å². The molecule has 2 fully saturated rings. The molecule has 3 aromatic rings. The molecular formula is C26H27ClF3N5O2. The number of rotatable bonds is 5. The number of ether oxygens (including phenoxy) is 2. The molecule has 0 radical (unpaired) electrons. The predicted molar refractivity (Wildman–Crippen MR) is 132 cm³/mol. The summed E-state index contributed by atoms with van der Waals surface area (Å²) in [5, 5.41) is 9.70. The molecule has 1 aromatic heterocycles. The lowest BCUT2D eigenvalue weighted by atomic mass is 9.95. The van der Waals surface area contributed by atoms with Crippen LogP contribution in [0.4, 0.5) is 18.9 Å². The van der Waals surface area contributed by atoms with Crippen molar-refractivity contribution in [2.75, 3.05) is 44.9 Å². The molecule has 0 N–H and O–H groups in total. The summed E-state index contributed by atoms with van der Waals surface area (Å²) >= 11 is 6.34. The minimum Gasteiger partial charge on any atom is -0.494 e. The van der Waals surface area contributed by atoms with Gasteiger partial charge in [-0.2, -0.15) is 0 Å². The number of alkyl halides is 1. The molecule has 196 valence electrons. The Hall–Kier alpha value is -2.82. The third-order valence-electron chi connectivity index (χ3n) is 7.45. The number of fused-ring (bicyclic) bond motifs is 3. The predicted octanol–water partition coefficient (Wildman–Crippen LogP) is 4.65. The van der Waals surface area contributed by atoms with Crippen LogP contribution in [-0.4, -0.2) is 65.3 Å². The Morgan fingerprint density at radius 3 is 2.54 bits per heavy atom. The van der Waals surface area contributed by atoms with Crippen molar-refractivity contribution in [3.8, 4) is 11.4 Å². The molecular weight excluding hydrogens is 507 g/mol. The van der Waals surface area contributed by atoms with Gasteiger partial charge in [-0.25, -0.2) is 13.2 Å². The van der Waals surface area contributed by atoms with Crippen LogP contribution in [0.25, 0.3) is 5.69 Å². The molecule has 2 aromatic carbocycles. The molecule has 0 bridgehead atoms. The number of benzene rings is 2. The SMILES string of the molecule is COc1cc(N2CCC(c3nnc4n3-c3ccc(Cl)cc3CN(CC3(F)COC3)C4)CC2)c(F)cc1F. The average molecular weight is 534 g/mol. The largest absolute Gasteiger partial charge is 0.494 e. The minimum atomic E-state index is -1.36. The Balaban J connectivity index is 1.27. The summed E-state index contributed by atoms with van der Waals surface area (Å²) < 4.78 is 55.6. The van der Waals surface area contributed by atoms with Gasteiger partial charge in [0.05, 0.1) is 38.2 Å². The Bertz CT molecular complexity index is 1320. The van der Waals surface area contributed by atoms with E-state index >= 15 is 0 Å². The molecule has 0 spiro atoms. The lowest BCUT2D eigenvalue weighted by Crippen LogP contribution is -2.53. The first kappa shape index (κ1) is 24.5. The number of piperidine rings is 1. The monoisotopic (exact) mass is 533 g/mol. The van der Waals surface area contributed by atoms with Crippen LogP contribution >= 0.6 is 11.6 Å². The second kappa shape index (κ2) is 9.49. The Kier molecular flexibility index (Phi) is 6.29. The van der Waals surface area contributed by atoms with Gasteiger partial charge in [0.15, 0.2) is 23.1 Å². The van der Waals surface area contributed by atoms with Gasteiger partial charge in [0.25, 0.3) is 0 Å². The van der Waals surface area contributed by atoms with Crippen molar-refractivity contribution in [2.45, 2.75) is 37.5 Å². The number of halogens is 4. The van der Waals surface area contributed by atoms with Gasteiger partial charge >= 0.3 is 0 Å². The van der Waals surface area contributed by atoms with Gasteiger partial charge in [-0.15, -0.1) is 10.2 Å². The fourth-order valence-corrected chi connectivity index (χ4v) is 5.77. The molecule has 0 amide bonds. The molecule has 0 aliphatic carbocycles. The van der Waals surface area contributed by atoms with E-state index in [9.17, 15) is 13.2 Å². The molecule has 7 nitrogen and oxygen atoms in total. The van der Waals surface area contributed by atoms with Crippen LogP contribution < -0.4 is 9.64 Å².